The number of fused-ring (bicyclic) bond motifs is 1. The molecular weight excluding hydrogens is 429 g/mol. The second-order valence-electron chi connectivity index (χ2n) is 7.33. The average molecular weight is 447 g/mol. The molecule has 4 N–H and O–H groups in total. The second-order valence-corrected chi connectivity index (χ2v) is 7.33. The van der Waals surface area contributed by atoms with E-state index in [-0.39, 0.29) is 17.1 Å². The van der Waals surface area contributed by atoms with Crippen LogP contribution in [0.15, 0.2) is 52.1 Å². The van der Waals surface area contributed by atoms with Crippen molar-refractivity contribution in [1.82, 2.24) is 34.9 Å². The third kappa shape index (κ3) is 3.46. The Hall–Kier alpha value is -4.61. The number of rotatable bonds is 5. The molecule has 0 amide bonds. The Bertz CT molecular complexity index is 1530. The van der Waals surface area contributed by atoms with Crippen molar-refractivity contribution < 1.29 is 8.81 Å². The molecule has 0 spiro atoms. The van der Waals surface area contributed by atoms with Crippen molar-refractivity contribution in [2.45, 2.75) is 19.9 Å². The van der Waals surface area contributed by atoms with Crippen molar-refractivity contribution in [1.29, 1.82) is 0 Å². The number of pyridine rings is 1. The van der Waals surface area contributed by atoms with E-state index in [9.17, 15) is 9.18 Å². The number of nitrogens with one attached hydrogen (secondary N) is 2. The van der Waals surface area contributed by atoms with Gasteiger partial charge in [0.15, 0.2) is 0 Å². The van der Waals surface area contributed by atoms with Gasteiger partial charge in [-0.2, -0.15) is 5.10 Å². The van der Waals surface area contributed by atoms with Crippen LogP contribution in [0.4, 0.5) is 16.0 Å². The van der Waals surface area contributed by atoms with Crippen LogP contribution in [0.1, 0.15) is 24.6 Å². The molecule has 1 aromatic carbocycles. The van der Waals surface area contributed by atoms with E-state index in [4.69, 9.17) is 10.2 Å². The van der Waals surface area contributed by atoms with Crippen LogP contribution in [0.2, 0.25) is 0 Å². The minimum absolute atomic E-state index is 0.0173. The Labute approximate surface area is 185 Å². The van der Waals surface area contributed by atoms with Gasteiger partial charge in [0.1, 0.15) is 35.2 Å². The molecule has 5 aromatic rings. The van der Waals surface area contributed by atoms with Gasteiger partial charge >= 0.3 is 0 Å². The topological polar surface area (TPSA) is 153 Å². The lowest BCUT2D eigenvalue weighted by Gasteiger charge is -2.21. The van der Waals surface area contributed by atoms with Gasteiger partial charge in [-0.3, -0.25) is 14.5 Å². The first-order valence-electron chi connectivity index (χ1n) is 9.95. The summed E-state index contributed by atoms with van der Waals surface area (Å²) in [6, 6.07) is 7.36. The van der Waals surface area contributed by atoms with Gasteiger partial charge in [-0.25, -0.2) is 14.4 Å². The highest BCUT2D eigenvalue weighted by molar-refractivity contribution is 5.83. The van der Waals surface area contributed by atoms with Crippen LogP contribution in [0.3, 0.4) is 0 Å². The van der Waals surface area contributed by atoms with Gasteiger partial charge in [-0.15, -0.1) is 10.2 Å². The van der Waals surface area contributed by atoms with E-state index in [2.05, 4.69) is 35.7 Å². The molecule has 0 fully saturated rings. The Kier molecular flexibility index (Phi) is 4.81. The highest BCUT2D eigenvalue weighted by Gasteiger charge is 2.23. The molecule has 166 valence electrons. The first-order chi connectivity index (χ1) is 15.9. The molecule has 0 aliphatic rings. The summed E-state index contributed by atoms with van der Waals surface area (Å²) in [6.45, 7) is 3.48. The number of halogens is 1. The fourth-order valence-electron chi connectivity index (χ4n) is 3.68. The summed E-state index contributed by atoms with van der Waals surface area (Å²) in [5.41, 5.74) is 6.42. The molecule has 5 rings (SSSR count). The number of H-pyrrole nitrogens is 1. The quantitative estimate of drug-likeness (QED) is 0.369. The number of aromatic amines is 1. The van der Waals surface area contributed by atoms with Crippen molar-refractivity contribution in [3.8, 4) is 17.3 Å². The van der Waals surface area contributed by atoms with Crippen molar-refractivity contribution in [2.75, 3.05) is 11.1 Å². The van der Waals surface area contributed by atoms with Crippen molar-refractivity contribution >= 4 is 22.4 Å². The van der Waals surface area contributed by atoms with Crippen LogP contribution in [0.25, 0.3) is 28.0 Å². The number of hydrogen-bond acceptors (Lipinski definition) is 9. The molecule has 12 heteroatoms. The highest BCUT2D eigenvalue weighted by Crippen LogP contribution is 2.32. The normalized spacial score (nSPS) is 12.2. The molecule has 11 nitrogen and oxygen atoms in total. The molecule has 0 radical (unpaired) electrons. The Morgan fingerprint density at radius 1 is 1.24 bits per heavy atom. The standard InChI is InChI=1S/C21H18FN9O2/c1-10(27-19-17(18(23)24-9-25-19)20-30-28-11(2)33-20)14-8-12-4-3-5-13(22)16(12)21(32)31(14)15-6-7-26-29-15/h3-10H,1-2H3,(H,26,29)(H3,23,24,25,27). The van der Waals surface area contributed by atoms with Gasteiger partial charge in [-0.05, 0) is 24.4 Å². The van der Waals surface area contributed by atoms with Crippen molar-refractivity contribution in [3.63, 3.8) is 0 Å². The third-order valence-corrected chi connectivity index (χ3v) is 5.16. The van der Waals surface area contributed by atoms with Crippen LogP contribution < -0.4 is 16.6 Å². The fourth-order valence-corrected chi connectivity index (χ4v) is 3.68. The van der Waals surface area contributed by atoms with Gasteiger partial charge in [0, 0.05) is 13.0 Å². The van der Waals surface area contributed by atoms with E-state index < -0.39 is 17.4 Å². The molecule has 33 heavy (non-hydrogen) atoms. The zero-order valence-corrected chi connectivity index (χ0v) is 17.6. The maximum atomic E-state index is 14.5. The fraction of sp³-hybridized carbons (Fsp3) is 0.143. The second kappa shape index (κ2) is 7.82. The highest BCUT2D eigenvalue weighted by atomic mass is 19.1. The molecule has 0 aliphatic heterocycles. The molecule has 4 heterocycles. The monoisotopic (exact) mass is 447 g/mol. The molecule has 0 aliphatic carbocycles. The largest absolute Gasteiger partial charge is 0.421 e. The van der Waals surface area contributed by atoms with Gasteiger partial charge < -0.3 is 15.5 Å². The number of nitrogen functional groups attached to an aromatic ring is 1. The van der Waals surface area contributed by atoms with E-state index in [1.165, 1.54) is 23.2 Å². The number of hydrogen-bond donors (Lipinski definition) is 3. The summed E-state index contributed by atoms with van der Waals surface area (Å²) in [4.78, 5) is 21.6. The number of benzene rings is 1. The lowest BCUT2D eigenvalue weighted by atomic mass is 10.1. The Morgan fingerprint density at radius 2 is 2.09 bits per heavy atom. The summed E-state index contributed by atoms with van der Waals surface area (Å²) in [5, 5.41) is 18.2. The van der Waals surface area contributed by atoms with Crippen molar-refractivity contribution in [2.24, 2.45) is 0 Å². The summed E-state index contributed by atoms with van der Waals surface area (Å²) in [6.07, 6.45) is 2.81. The Balaban J connectivity index is 1.66. The number of aromatic nitrogens is 7. The minimum Gasteiger partial charge on any atom is -0.421 e. The minimum atomic E-state index is -0.601. The number of aryl methyl sites for hydroxylation is 1. The number of nitrogens with two attached hydrogens (primary N) is 1. The molecule has 4 aromatic heterocycles. The third-order valence-electron chi connectivity index (χ3n) is 5.16. The van der Waals surface area contributed by atoms with Crippen LogP contribution in [-0.4, -0.2) is 34.9 Å². The zero-order valence-electron chi connectivity index (χ0n) is 17.6. The first-order valence-corrected chi connectivity index (χ1v) is 9.95. The van der Waals surface area contributed by atoms with E-state index in [1.807, 2.05) is 6.92 Å². The predicted octanol–water partition coefficient (Wildman–Crippen LogP) is 2.76. The Morgan fingerprint density at radius 3 is 2.82 bits per heavy atom. The lowest BCUT2D eigenvalue weighted by molar-refractivity contribution is 0.532. The molecule has 1 unspecified atom stereocenters. The molecule has 0 saturated heterocycles. The molecular formula is C21H18FN9O2. The summed E-state index contributed by atoms with van der Waals surface area (Å²) in [5.74, 6) is 0.791. The SMILES string of the molecule is Cc1nnc(-c2c(N)ncnc2NC(C)c2cc3cccc(F)c3c(=O)n2-c2ccn[nH]2)o1. The summed E-state index contributed by atoms with van der Waals surface area (Å²) in [7, 11) is 0. The van der Waals surface area contributed by atoms with E-state index >= 15 is 0 Å². The van der Waals surface area contributed by atoms with Gasteiger partial charge in [0.05, 0.1) is 23.3 Å². The first kappa shape index (κ1) is 20.3. The van der Waals surface area contributed by atoms with Gasteiger partial charge in [0.25, 0.3) is 11.4 Å². The van der Waals surface area contributed by atoms with E-state index in [1.54, 1.807) is 31.2 Å². The van der Waals surface area contributed by atoms with Crippen LogP contribution in [0, 0.1) is 12.7 Å². The van der Waals surface area contributed by atoms with E-state index in [0.29, 0.717) is 34.2 Å². The van der Waals surface area contributed by atoms with Crippen molar-refractivity contribution in [3.05, 3.63) is 70.6 Å². The zero-order chi connectivity index (χ0) is 23.1. The van der Waals surface area contributed by atoms with Crippen LogP contribution in [-0.2, 0) is 0 Å². The van der Waals surface area contributed by atoms with Crippen LogP contribution >= 0.6 is 0 Å². The number of anilines is 2. The molecule has 0 saturated carbocycles. The molecule has 1 atom stereocenters. The average Bonchev–Trinajstić information content (AvgIpc) is 3.45. The van der Waals surface area contributed by atoms with Gasteiger partial charge in [-0.1, -0.05) is 12.1 Å². The maximum absolute atomic E-state index is 14.5. The summed E-state index contributed by atoms with van der Waals surface area (Å²) >= 11 is 0. The van der Waals surface area contributed by atoms with Crippen LogP contribution in [0.5, 0.6) is 0 Å². The van der Waals surface area contributed by atoms with Gasteiger partial charge in [0.2, 0.25) is 5.89 Å². The smallest absolute Gasteiger partial charge is 0.267 e. The molecule has 0 bridgehead atoms. The lowest BCUT2D eigenvalue weighted by Crippen LogP contribution is -2.26. The number of nitrogens with zero attached hydrogens (tertiary/aromatic N) is 6. The maximum Gasteiger partial charge on any atom is 0.267 e. The van der Waals surface area contributed by atoms with E-state index in [0.717, 1.165) is 0 Å². The predicted molar refractivity (Wildman–Crippen MR) is 118 cm³/mol. The summed E-state index contributed by atoms with van der Waals surface area (Å²) < 4.78 is 21.4.